The lowest BCUT2D eigenvalue weighted by Gasteiger charge is -2.16. The molecule has 1 amide bonds. The quantitative estimate of drug-likeness (QED) is 0.626. The van der Waals surface area contributed by atoms with Gasteiger partial charge in [-0.2, -0.15) is 0 Å². The Morgan fingerprint density at radius 3 is 2.52 bits per heavy atom. The van der Waals surface area contributed by atoms with Crippen LogP contribution in [0.4, 0.5) is 0 Å². The van der Waals surface area contributed by atoms with E-state index in [0.29, 0.717) is 10.0 Å². The Hall–Kier alpha value is -1.77. The molecule has 0 bridgehead atoms. The van der Waals surface area contributed by atoms with Gasteiger partial charge in [-0.25, -0.2) is 0 Å². The highest BCUT2D eigenvalue weighted by atomic mass is 35.5. The molecule has 23 heavy (non-hydrogen) atoms. The van der Waals surface area contributed by atoms with Crippen molar-refractivity contribution < 1.29 is 4.79 Å². The van der Waals surface area contributed by atoms with Crippen molar-refractivity contribution in [3.63, 3.8) is 0 Å². The Bertz CT molecular complexity index is 683. The van der Waals surface area contributed by atoms with E-state index in [1.54, 1.807) is 11.0 Å². The zero-order valence-corrected chi connectivity index (χ0v) is 14.5. The Morgan fingerprint density at radius 1 is 1.09 bits per heavy atom. The standard InChI is InChI=1S/C19H19Cl2NO/c1-22(19(23)16-9-5-2-6-10-16)13-7-3-4-8-15-11-12-17(20)18(21)14-15/h2,4-6,8-12,14H,3,7,13H2,1H3. The van der Waals surface area contributed by atoms with Gasteiger partial charge in [-0.3, -0.25) is 4.79 Å². The van der Waals surface area contributed by atoms with Crippen molar-refractivity contribution in [1.29, 1.82) is 0 Å². The lowest BCUT2D eigenvalue weighted by Crippen LogP contribution is -2.27. The van der Waals surface area contributed by atoms with Gasteiger partial charge in [0.1, 0.15) is 0 Å². The second-order valence-corrected chi connectivity index (χ2v) is 6.13. The van der Waals surface area contributed by atoms with Gasteiger partial charge in [0, 0.05) is 19.2 Å². The highest BCUT2D eigenvalue weighted by Gasteiger charge is 2.09. The van der Waals surface area contributed by atoms with Gasteiger partial charge in [0.2, 0.25) is 0 Å². The maximum absolute atomic E-state index is 12.2. The topological polar surface area (TPSA) is 20.3 Å². The van der Waals surface area contributed by atoms with Crippen molar-refractivity contribution in [2.24, 2.45) is 0 Å². The van der Waals surface area contributed by atoms with Crippen molar-refractivity contribution in [3.05, 3.63) is 75.8 Å². The van der Waals surface area contributed by atoms with Gasteiger partial charge in [-0.05, 0) is 42.7 Å². The molecule has 120 valence electrons. The van der Waals surface area contributed by atoms with Gasteiger partial charge in [-0.1, -0.05) is 59.6 Å². The summed E-state index contributed by atoms with van der Waals surface area (Å²) in [7, 11) is 1.83. The van der Waals surface area contributed by atoms with Crippen LogP contribution in [0.5, 0.6) is 0 Å². The summed E-state index contributed by atoms with van der Waals surface area (Å²) < 4.78 is 0. The largest absolute Gasteiger partial charge is 0.342 e. The summed E-state index contributed by atoms with van der Waals surface area (Å²) in [5.41, 5.74) is 1.74. The fourth-order valence-electron chi connectivity index (χ4n) is 2.18. The lowest BCUT2D eigenvalue weighted by molar-refractivity contribution is 0.0794. The van der Waals surface area contributed by atoms with Crippen LogP contribution in [-0.4, -0.2) is 24.4 Å². The smallest absolute Gasteiger partial charge is 0.253 e. The normalized spacial score (nSPS) is 10.9. The van der Waals surface area contributed by atoms with E-state index in [1.165, 1.54) is 0 Å². The summed E-state index contributed by atoms with van der Waals surface area (Å²) in [4.78, 5) is 13.9. The molecule has 0 unspecified atom stereocenters. The first-order chi connectivity index (χ1) is 11.1. The van der Waals surface area contributed by atoms with E-state index in [4.69, 9.17) is 23.2 Å². The minimum Gasteiger partial charge on any atom is -0.342 e. The Kier molecular flexibility index (Phi) is 6.69. The summed E-state index contributed by atoms with van der Waals surface area (Å²) in [6, 6.07) is 14.9. The molecule has 0 saturated heterocycles. The molecule has 4 heteroatoms. The second kappa shape index (κ2) is 8.76. The van der Waals surface area contributed by atoms with Crippen LogP contribution in [0.1, 0.15) is 28.8 Å². The number of carbonyl (C=O) groups is 1. The van der Waals surface area contributed by atoms with E-state index >= 15 is 0 Å². The van der Waals surface area contributed by atoms with Gasteiger partial charge in [0.05, 0.1) is 10.0 Å². The van der Waals surface area contributed by atoms with Crippen molar-refractivity contribution in [1.82, 2.24) is 4.90 Å². The molecule has 0 aliphatic rings. The molecule has 0 saturated carbocycles. The number of hydrogen-bond acceptors (Lipinski definition) is 1. The molecule has 2 aromatic rings. The molecule has 0 aliphatic carbocycles. The second-order valence-electron chi connectivity index (χ2n) is 5.31. The van der Waals surface area contributed by atoms with Crippen LogP contribution in [-0.2, 0) is 0 Å². The van der Waals surface area contributed by atoms with Crippen molar-refractivity contribution in [3.8, 4) is 0 Å². The van der Waals surface area contributed by atoms with Crippen LogP contribution in [0.15, 0.2) is 54.6 Å². The van der Waals surface area contributed by atoms with Crippen molar-refractivity contribution in [2.75, 3.05) is 13.6 Å². The molecule has 0 aromatic heterocycles. The van der Waals surface area contributed by atoms with E-state index in [9.17, 15) is 4.79 Å². The number of unbranched alkanes of at least 4 members (excludes halogenated alkanes) is 1. The highest BCUT2D eigenvalue weighted by Crippen LogP contribution is 2.23. The maximum Gasteiger partial charge on any atom is 0.253 e. The average Bonchev–Trinajstić information content (AvgIpc) is 2.57. The SMILES string of the molecule is CN(CCCC=Cc1ccc(Cl)c(Cl)c1)C(=O)c1ccccc1. The van der Waals surface area contributed by atoms with E-state index in [0.717, 1.165) is 30.5 Å². The van der Waals surface area contributed by atoms with Gasteiger partial charge >= 0.3 is 0 Å². The van der Waals surface area contributed by atoms with Gasteiger partial charge in [0.25, 0.3) is 5.91 Å². The summed E-state index contributed by atoms with van der Waals surface area (Å²) in [5, 5.41) is 1.12. The third kappa shape index (κ3) is 5.42. The number of carbonyl (C=O) groups excluding carboxylic acids is 1. The maximum atomic E-state index is 12.2. The third-order valence-electron chi connectivity index (χ3n) is 3.49. The predicted molar refractivity (Wildman–Crippen MR) is 98.1 cm³/mol. The minimum absolute atomic E-state index is 0.0547. The minimum atomic E-state index is 0.0547. The zero-order valence-electron chi connectivity index (χ0n) is 13.0. The molecule has 0 atom stereocenters. The number of allylic oxidation sites excluding steroid dienone is 1. The summed E-state index contributed by atoms with van der Waals surface area (Å²) >= 11 is 11.9. The molecule has 0 heterocycles. The van der Waals surface area contributed by atoms with Crippen molar-refractivity contribution >= 4 is 35.2 Å². The summed E-state index contributed by atoms with van der Waals surface area (Å²) in [5.74, 6) is 0.0547. The van der Waals surface area contributed by atoms with E-state index in [2.05, 4.69) is 6.08 Å². The first kappa shape index (κ1) is 17.6. The Labute approximate surface area is 147 Å². The lowest BCUT2D eigenvalue weighted by atomic mass is 10.1. The fraction of sp³-hybridized carbons (Fsp3) is 0.211. The fourth-order valence-corrected chi connectivity index (χ4v) is 2.49. The first-order valence-electron chi connectivity index (χ1n) is 7.50. The molecule has 0 aliphatic heterocycles. The highest BCUT2D eigenvalue weighted by molar-refractivity contribution is 6.42. The van der Waals surface area contributed by atoms with E-state index in [1.807, 2.05) is 55.6 Å². The number of halogens is 2. The monoisotopic (exact) mass is 347 g/mol. The third-order valence-corrected chi connectivity index (χ3v) is 4.22. The number of nitrogens with zero attached hydrogens (tertiary/aromatic N) is 1. The Balaban J connectivity index is 1.77. The number of amides is 1. The molecular weight excluding hydrogens is 329 g/mol. The van der Waals surface area contributed by atoms with Gasteiger partial charge in [0.15, 0.2) is 0 Å². The predicted octanol–water partition coefficient (Wildman–Crippen LogP) is 5.56. The molecule has 2 rings (SSSR count). The van der Waals surface area contributed by atoms with Gasteiger partial charge in [-0.15, -0.1) is 0 Å². The summed E-state index contributed by atoms with van der Waals surface area (Å²) in [6.45, 7) is 0.722. The number of rotatable bonds is 6. The molecule has 2 aromatic carbocycles. The number of benzene rings is 2. The Morgan fingerprint density at radius 2 is 1.83 bits per heavy atom. The van der Waals surface area contributed by atoms with Gasteiger partial charge < -0.3 is 4.90 Å². The zero-order chi connectivity index (χ0) is 16.7. The van der Waals surface area contributed by atoms with Crippen molar-refractivity contribution in [2.45, 2.75) is 12.8 Å². The summed E-state index contributed by atoms with van der Waals surface area (Å²) in [6.07, 6.45) is 5.90. The molecule has 0 N–H and O–H groups in total. The first-order valence-corrected chi connectivity index (χ1v) is 8.25. The van der Waals surface area contributed by atoms with E-state index < -0.39 is 0 Å². The number of hydrogen-bond donors (Lipinski definition) is 0. The van der Waals surface area contributed by atoms with Crippen LogP contribution in [0.25, 0.3) is 6.08 Å². The van der Waals surface area contributed by atoms with Crippen LogP contribution < -0.4 is 0 Å². The van der Waals surface area contributed by atoms with Crippen LogP contribution in [0.3, 0.4) is 0 Å². The molecule has 0 spiro atoms. The van der Waals surface area contributed by atoms with Crippen LogP contribution in [0.2, 0.25) is 10.0 Å². The average molecular weight is 348 g/mol. The molecule has 0 fully saturated rings. The molecule has 2 nitrogen and oxygen atoms in total. The van der Waals surface area contributed by atoms with E-state index in [-0.39, 0.29) is 5.91 Å². The molecule has 0 radical (unpaired) electrons. The van der Waals surface area contributed by atoms with Crippen LogP contribution >= 0.6 is 23.2 Å². The van der Waals surface area contributed by atoms with Crippen LogP contribution in [0, 0.1) is 0 Å². The molecular formula is C19H19Cl2NO.